The van der Waals surface area contributed by atoms with Crippen LogP contribution in [-0.4, -0.2) is 4.98 Å². The highest BCUT2D eigenvalue weighted by molar-refractivity contribution is 7.09. The van der Waals surface area contributed by atoms with Gasteiger partial charge in [0.1, 0.15) is 5.01 Å². The van der Waals surface area contributed by atoms with Gasteiger partial charge in [0, 0.05) is 17.0 Å². The van der Waals surface area contributed by atoms with Crippen molar-refractivity contribution in [3.8, 4) is 0 Å². The molecule has 1 aliphatic carbocycles. The normalized spacial score (nSPS) is 19.7. The van der Waals surface area contributed by atoms with E-state index in [0.29, 0.717) is 6.42 Å². The van der Waals surface area contributed by atoms with Crippen molar-refractivity contribution in [1.82, 2.24) is 4.98 Å². The Kier molecular flexibility index (Phi) is 13.2. The molecule has 0 aromatic carbocycles. The zero-order valence-corrected chi connectivity index (χ0v) is 28.2. The molecule has 1 aromatic heterocycles. The maximum absolute atomic E-state index is 5.25. The summed E-state index contributed by atoms with van der Waals surface area (Å²) in [7, 11) is 0. The second-order valence-corrected chi connectivity index (χ2v) is 13.5. The van der Waals surface area contributed by atoms with Crippen LogP contribution in [0.4, 0.5) is 0 Å². The van der Waals surface area contributed by atoms with Crippen molar-refractivity contribution in [3.63, 3.8) is 0 Å². The molecule has 0 bridgehead atoms. The molecule has 1 aliphatic rings. The zero-order chi connectivity index (χ0) is 33.0. The number of hydrogen-bond acceptors (Lipinski definition) is 2. The van der Waals surface area contributed by atoms with Gasteiger partial charge < -0.3 is 0 Å². The van der Waals surface area contributed by atoms with Crippen LogP contribution in [0.1, 0.15) is 75.6 Å². The molecule has 1 nitrogen and oxygen atoms in total. The third kappa shape index (κ3) is 4.76. The van der Waals surface area contributed by atoms with Crippen molar-refractivity contribution in [1.29, 1.82) is 0 Å². The van der Waals surface area contributed by atoms with Crippen LogP contribution in [0.3, 0.4) is 0 Å². The van der Waals surface area contributed by atoms with Gasteiger partial charge in [0.2, 0.25) is 0 Å². The van der Waals surface area contributed by atoms with Crippen LogP contribution in [0, 0.1) is 27.1 Å². The van der Waals surface area contributed by atoms with Crippen LogP contribution < -0.4 is 0 Å². The number of thiazole rings is 1. The predicted molar refractivity (Wildman–Crippen MR) is 199 cm³/mol. The van der Waals surface area contributed by atoms with Gasteiger partial charge in [-0.15, -0.1) is 83.7 Å². The Labute approximate surface area is 274 Å². The van der Waals surface area contributed by atoms with Gasteiger partial charge in [-0.2, -0.15) is 0 Å². The number of allylic oxidation sites excluding steroid dienone is 11. The van der Waals surface area contributed by atoms with Crippen molar-refractivity contribution in [3.05, 3.63) is 156 Å². The molecular weight excluding hydrogens is 551 g/mol. The summed E-state index contributed by atoms with van der Waals surface area (Å²) in [6, 6.07) is 0. The first kappa shape index (κ1) is 37.0. The molecule has 0 atom stereocenters. The van der Waals surface area contributed by atoms with Gasteiger partial charge in [0.05, 0.1) is 0 Å². The lowest BCUT2D eigenvalue weighted by Crippen LogP contribution is -2.79. The van der Waals surface area contributed by atoms with Crippen LogP contribution >= 0.6 is 11.3 Å². The highest BCUT2D eigenvalue weighted by Crippen LogP contribution is 2.87. The molecule has 1 aromatic rings. The van der Waals surface area contributed by atoms with E-state index in [1.165, 1.54) is 0 Å². The average Bonchev–Trinajstić information content (AvgIpc) is 3.54. The van der Waals surface area contributed by atoms with Gasteiger partial charge in [0.25, 0.3) is 0 Å². The SMILES string of the molecule is C=CCC1(CC=C)C(CC=C)(CC=C)C(CC=C)(CC=C)C(CC=C)(c2nccs2)C(CC=C)(CC=C)C1(CC=C)CC=C. The molecule has 236 valence electrons. The molecule has 2 heteroatoms. The Bertz CT molecular complexity index is 1110. The molecule has 1 saturated carbocycles. The van der Waals surface area contributed by atoms with E-state index in [-0.39, 0.29) is 0 Å². The average molecular weight is 608 g/mol. The van der Waals surface area contributed by atoms with Crippen LogP contribution in [0.25, 0.3) is 0 Å². The molecule has 1 heterocycles. The standard InChI is InChI=1S/C42H57NS/c1-12-23-37(24-13-2)38(25-14-3,26-15-4)40(29-18-7,30-19-8)42(33-22-11,36-43-34-35-44-36)41(31-20-9,32-21-10)39(37,27-16-5)28-17-6/h12-22,34-35H,1-11,23-33H2. The van der Waals surface area contributed by atoms with E-state index in [1.807, 2.05) is 6.20 Å². The van der Waals surface area contributed by atoms with Crippen LogP contribution in [0.5, 0.6) is 0 Å². The van der Waals surface area contributed by atoms with Gasteiger partial charge in [-0.1, -0.05) is 66.8 Å². The van der Waals surface area contributed by atoms with Gasteiger partial charge in [-0.3, -0.25) is 0 Å². The molecule has 0 unspecified atom stereocenters. The fourth-order valence-electron chi connectivity index (χ4n) is 10.9. The van der Waals surface area contributed by atoms with Gasteiger partial charge in [-0.25, -0.2) is 4.98 Å². The van der Waals surface area contributed by atoms with Crippen molar-refractivity contribution < 1.29 is 0 Å². The first-order valence-corrected chi connectivity index (χ1v) is 16.8. The quantitative estimate of drug-likeness (QED) is 0.113. The molecule has 44 heavy (non-hydrogen) atoms. The maximum atomic E-state index is 5.25. The Hall–Kier alpha value is -3.23. The van der Waals surface area contributed by atoms with E-state index in [0.717, 1.165) is 69.2 Å². The van der Waals surface area contributed by atoms with Crippen LogP contribution in [0.15, 0.2) is 151 Å². The van der Waals surface area contributed by atoms with Crippen LogP contribution in [0.2, 0.25) is 0 Å². The third-order valence-corrected chi connectivity index (χ3v) is 12.4. The van der Waals surface area contributed by atoms with E-state index >= 15 is 0 Å². The fraction of sp³-hybridized carbons (Fsp3) is 0.405. The lowest BCUT2D eigenvalue weighted by molar-refractivity contribution is -0.314. The van der Waals surface area contributed by atoms with Gasteiger partial charge >= 0.3 is 0 Å². The monoisotopic (exact) mass is 607 g/mol. The Morgan fingerprint density at radius 2 is 0.659 bits per heavy atom. The van der Waals surface area contributed by atoms with Crippen LogP contribution in [-0.2, 0) is 5.41 Å². The molecule has 0 radical (unpaired) electrons. The first-order valence-electron chi connectivity index (χ1n) is 15.9. The molecule has 0 amide bonds. The summed E-state index contributed by atoms with van der Waals surface area (Å²) in [6.45, 7) is 48.6. The summed E-state index contributed by atoms with van der Waals surface area (Å²) in [6.07, 6.45) is 33.4. The Morgan fingerprint density at radius 3 is 0.886 bits per heavy atom. The second-order valence-electron chi connectivity index (χ2n) is 12.6. The fourth-order valence-corrected chi connectivity index (χ4v) is 11.9. The van der Waals surface area contributed by atoms with Crippen molar-refractivity contribution in [2.24, 2.45) is 27.1 Å². The zero-order valence-electron chi connectivity index (χ0n) is 27.4. The maximum Gasteiger partial charge on any atom is 0.100 e. The molecule has 0 N–H and O–H groups in total. The molecule has 2 rings (SSSR count). The summed E-state index contributed by atoms with van der Waals surface area (Å²) in [5, 5.41) is 3.21. The van der Waals surface area contributed by atoms with E-state index < -0.39 is 32.5 Å². The minimum Gasteiger partial charge on any atom is -0.249 e. The van der Waals surface area contributed by atoms with E-state index in [9.17, 15) is 0 Å². The smallest absolute Gasteiger partial charge is 0.100 e. The van der Waals surface area contributed by atoms with E-state index in [1.54, 1.807) is 11.3 Å². The largest absolute Gasteiger partial charge is 0.249 e. The predicted octanol–water partition coefficient (Wildman–Crippen LogP) is 12.7. The lowest BCUT2D eigenvalue weighted by atomic mass is 9.20. The van der Waals surface area contributed by atoms with Crippen molar-refractivity contribution in [2.75, 3.05) is 0 Å². The molecule has 0 saturated heterocycles. The summed E-state index contributed by atoms with van der Waals surface area (Å²) < 4.78 is 0. The molecular formula is C42H57NS. The summed E-state index contributed by atoms with van der Waals surface area (Å²) in [4.78, 5) is 5.25. The minimum atomic E-state index is -0.551. The number of rotatable bonds is 23. The Morgan fingerprint density at radius 1 is 0.409 bits per heavy atom. The van der Waals surface area contributed by atoms with E-state index in [2.05, 4.69) is 145 Å². The third-order valence-electron chi connectivity index (χ3n) is 11.5. The molecule has 0 aliphatic heterocycles. The topological polar surface area (TPSA) is 12.9 Å². The lowest BCUT2D eigenvalue weighted by Gasteiger charge is -2.83. The summed E-state index contributed by atoms with van der Waals surface area (Å²) in [5.41, 5.74) is -2.69. The van der Waals surface area contributed by atoms with Crippen molar-refractivity contribution >= 4 is 11.3 Å². The highest BCUT2D eigenvalue weighted by Gasteiger charge is 2.83. The summed E-state index contributed by atoms with van der Waals surface area (Å²) in [5.74, 6) is 0. The Balaban J connectivity index is 3.81. The van der Waals surface area contributed by atoms with Crippen molar-refractivity contribution in [2.45, 2.75) is 76.0 Å². The number of hydrogen-bond donors (Lipinski definition) is 0. The van der Waals surface area contributed by atoms with Gasteiger partial charge in [0.15, 0.2) is 0 Å². The first-order chi connectivity index (χ1) is 21.3. The highest BCUT2D eigenvalue weighted by atomic mass is 32.1. The second kappa shape index (κ2) is 15.7. The number of nitrogens with zero attached hydrogens (tertiary/aromatic N) is 1. The molecule has 1 fully saturated rings. The van der Waals surface area contributed by atoms with E-state index in [4.69, 9.17) is 4.98 Å². The summed E-state index contributed by atoms with van der Waals surface area (Å²) >= 11 is 1.74. The number of aromatic nitrogens is 1. The minimum absolute atomic E-state index is 0.395. The molecule has 0 spiro atoms. The van der Waals surface area contributed by atoms with Gasteiger partial charge in [-0.05, 0) is 97.7 Å².